The van der Waals surface area contributed by atoms with E-state index < -0.39 is 48.0 Å². The molecule has 4 aromatic rings. The number of likely N-dealkylation sites (tertiary alicyclic amines) is 2. The first kappa shape index (κ1) is 58.3. The predicted molar refractivity (Wildman–Crippen MR) is 306 cm³/mol. The van der Waals surface area contributed by atoms with E-state index in [-0.39, 0.29) is 63.9 Å². The highest BCUT2D eigenvalue weighted by Crippen LogP contribution is 2.35. The van der Waals surface area contributed by atoms with Crippen LogP contribution in [0.2, 0.25) is 10.0 Å². The molecule has 0 saturated carbocycles. The summed E-state index contributed by atoms with van der Waals surface area (Å²) in [6.45, 7) is 4.96. The molecule has 2 amide bonds. The van der Waals surface area contributed by atoms with Crippen LogP contribution in [-0.4, -0.2) is 132 Å². The second kappa shape index (κ2) is 26.8. The van der Waals surface area contributed by atoms with Gasteiger partial charge >= 0.3 is 35.7 Å². The fraction of sp³-hybridized carbons (Fsp3) is 0.393. The van der Waals surface area contributed by atoms with Crippen molar-refractivity contribution in [2.45, 2.75) is 89.4 Å². The maximum atomic E-state index is 13.7. The molecule has 0 bridgehead atoms. The summed E-state index contributed by atoms with van der Waals surface area (Å²) in [5, 5.41) is 3.79. The number of esters is 4. The van der Waals surface area contributed by atoms with Crippen LogP contribution in [0, 0.1) is 0 Å². The van der Waals surface area contributed by atoms with Crippen LogP contribution in [-0.2, 0) is 38.1 Å². The number of rotatable bonds is 18. The van der Waals surface area contributed by atoms with Gasteiger partial charge in [0.05, 0.1) is 75.1 Å². The van der Waals surface area contributed by atoms with Crippen LogP contribution in [0.4, 0.5) is 0 Å². The third kappa shape index (κ3) is 13.6. The normalized spacial score (nSPS) is 18.3. The molecule has 0 spiro atoms. The van der Waals surface area contributed by atoms with Crippen molar-refractivity contribution in [2.24, 2.45) is 0 Å². The molecule has 78 heavy (non-hydrogen) atoms. The quantitative estimate of drug-likeness (QED) is 0.0280. The van der Waals surface area contributed by atoms with Gasteiger partial charge in [0.1, 0.15) is 32.2 Å². The molecule has 4 aliphatic rings. The minimum absolute atomic E-state index is 0.0219. The van der Waals surface area contributed by atoms with Gasteiger partial charge in [-0.3, -0.25) is 9.59 Å². The van der Waals surface area contributed by atoms with Gasteiger partial charge in [-0.25, -0.2) is 19.2 Å². The lowest BCUT2D eigenvalue weighted by atomic mass is 10.0. The lowest BCUT2D eigenvalue weighted by molar-refractivity contribution is -0.150. The fourth-order valence-corrected chi connectivity index (χ4v) is 13.1. The zero-order chi connectivity index (χ0) is 55.6. The van der Waals surface area contributed by atoms with Gasteiger partial charge in [0.2, 0.25) is 10.7 Å². The number of methoxy groups -OCH3 is 2. The monoisotopic (exact) mass is 1180 g/mol. The summed E-state index contributed by atoms with van der Waals surface area (Å²) in [4.78, 5) is 84.1. The number of hydrogen-bond acceptors (Lipinski definition) is 16. The Kier molecular flexibility index (Phi) is 20.0. The van der Waals surface area contributed by atoms with E-state index in [4.69, 9.17) is 76.1 Å². The first-order valence-electron chi connectivity index (χ1n) is 25.4. The minimum atomic E-state index is -0.584. The molecule has 0 N–H and O–H groups in total. The highest BCUT2D eigenvalue weighted by atomic mass is 35.5. The van der Waals surface area contributed by atoms with Crippen molar-refractivity contribution < 1.29 is 57.2 Å². The van der Waals surface area contributed by atoms with Gasteiger partial charge in [-0.15, -0.1) is 9.15 Å². The number of benzene rings is 4. The van der Waals surface area contributed by atoms with Crippen LogP contribution in [0.3, 0.4) is 0 Å². The van der Waals surface area contributed by atoms with Gasteiger partial charge in [0, 0.05) is 73.1 Å². The predicted octanol–water partition coefficient (Wildman–Crippen LogP) is 6.09. The Bertz CT molecular complexity index is 3070. The molecule has 0 radical (unpaired) electrons. The van der Waals surface area contributed by atoms with Crippen molar-refractivity contribution in [3.05, 3.63) is 127 Å². The number of carbonyl (C=O) groups is 6. The Balaban J connectivity index is 0.741. The first-order chi connectivity index (χ1) is 37.6. The Morgan fingerprint density at radius 1 is 0.564 bits per heavy atom. The van der Waals surface area contributed by atoms with Crippen molar-refractivity contribution in [2.75, 3.05) is 53.7 Å². The maximum Gasteiger partial charge on any atom is 0.420 e. The van der Waals surface area contributed by atoms with Crippen LogP contribution in [0.5, 0.6) is 11.5 Å². The van der Waals surface area contributed by atoms with Crippen LogP contribution in [0.25, 0.3) is 11.1 Å². The standard InChI is InChI=1S/C56H58Cl2N4O12S4/c1-33-41(43-29-39(69-3)19-21-45(43)61(33)51(65)35-11-15-37(57)16-12-35)31-49(63)71-25-7-27-73-53(67)47-9-5-23-59(47)55(75)77-78-56(76)60-24-6-10-48(60)54(68)74-28-8-26-72-50(64)32-42-34(2)62(46-22-20-40(70-4)30-44(42)46)52(66)36-13-17-38(58)18-14-36/h11-22,29-30,33-34,47-48H,5-10,23-28,31-32H2,1-4H3/q+2. The molecule has 0 aliphatic carbocycles. The molecule has 4 unspecified atom stereocenters. The molecule has 4 aliphatic heterocycles. The first-order valence-corrected chi connectivity index (χ1v) is 29.2. The van der Waals surface area contributed by atoms with E-state index in [1.54, 1.807) is 96.2 Å². The second-order valence-corrected chi connectivity index (χ2v) is 23.0. The molecule has 4 atom stereocenters. The molecule has 4 heterocycles. The molecule has 2 fully saturated rings. The Morgan fingerprint density at radius 2 is 0.936 bits per heavy atom. The molecule has 22 heteroatoms. The summed E-state index contributed by atoms with van der Waals surface area (Å²) in [6, 6.07) is 22.0. The number of thiocarbonyl (C=S) groups is 2. The largest absolute Gasteiger partial charge is 0.497 e. The number of hydrogen-bond donors (Lipinski definition) is 0. The van der Waals surface area contributed by atoms with Gasteiger partial charge < -0.3 is 38.2 Å². The van der Waals surface area contributed by atoms with Crippen LogP contribution in [0.1, 0.15) is 85.9 Å². The average molecular weight is 1180 g/mol. The molecule has 410 valence electrons. The van der Waals surface area contributed by atoms with Crippen molar-refractivity contribution in [3.63, 3.8) is 0 Å². The minimum Gasteiger partial charge on any atom is -0.497 e. The lowest BCUT2D eigenvalue weighted by Crippen LogP contribution is -2.41. The molecule has 0 aromatic heterocycles. The highest BCUT2D eigenvalue weighted by molar-refractivity contribution is 8.89. The smallest absolute Gasteiger partial charge is 0.420 e. The Hall–Kier alpha value is -5.90. The zero-order valence-corrected chi connectivity index (χ0v) is 48.1. The van der Waals surface area contributed by atoms with E-state index in [2.05, 4.69) is 0 Å². The van der Waals surface area contributed by atoms with E-state index in [9.17, 15) is 28.8 Å². The summed E-state index contributed by atoms with van der Waals surface area (Å²) < 4.78 is 37.6. The summed E-state index contributed by atoms with van der Waals surface area (Å²) in [5.41, 5.74) is 2.34. The van der Waals surface area contributed by atoms with Crippen molar-refractivity contribution in [3.8, 4) is 11.5 Å². The van der Waals surface area contributed by atoms with Crippen LogP contribution >= 0.6 is 69.2 Å². The average Bonchev–Trinajstić information content (AvgIpc) is 4.35. The molecular formula is C56H58Cl2N4O12S4+2. The number of amides is 2. The Morgan fingerprint density at radius 3 is 1.31 bits per heavy atom. The number of fused-ring (bicyclic) bond motifs is 2. The van der Waals surface area contributed by atoms with Gasteiger partial charge in [-0.2, -0.15) is 0 Å². The second-order valence-electron chi connectivity index (χ2n) is 18.8. The summed E-state index contributed by atoms with van der Waals surface area (Å²) >= 11 is 23.7. The van der Waals surface area contributed by atoms with Gasteiger partial charge in [0.15, 0.2) is 12.1 Å². The van der Waals surface area contributed by atoms with E-state index in [0.717, 1.165) is 23.3 Å². The summed E-state index contributed by atoms with van der Waals surface area (Å²) in [7, 11) is 5.59. The van der Waals surface area contributed by atoms with E-state index >= 15 is 0 Å². The molecular weight excluding hydrogens is 1120 g/mol. The third-order valence-corrected chi connectivity index (χ3v) is 18.1. The molecule has 2 saturated heterocycles. The fourth-order valence-electron chi connectivity index (χ4n) is 9.99. The number of nitrogens with zero attached hydrogens (tertiary/aromatic N) is 4. The Labute approximate surface area is 479 Å². The SMILES string of the molecule is COc1ccc2c(c1)=C(CC(=O)OCCCOC(=O)C1CCCN1C(=S)SSC(=S)N1CCCC1C(=O)OCCCOC(=O)CC1=c3cc(OC)ccc3=[N+](C(=O)c3ccc(Cl)cc3)C1C)C(C)[N+]=2C(=O)c1ccc(Cl)cc1. The third-order valence-electron chi connectivity index (χ3n) is 14.0. The van der Waals surface area contributed by atoms with Gasteiger partial charge in [-0.1, -0.05) is 47.6 Å². The summed E-state index contributed by atoms with van der Waals surface area (Å²) in [6.07, 6.45) is 3.01. The topological polar surface area (TPSA) is 170 Å². The van der Waals surface area contributed by atoms with E-state index in [1.165, 1.54) is 21.6 Å². The number of halogens is 2. The van der Waals surface area contributed by atoms with Gasteiger partial charge in [0.25, 0.3) is 0 Å². The number of ether oxygens (including phenoxy) is 6. The molecule has 16 nitrogen and oxygen atoms in total. The van der Waals surface area contributed by atoms with Crippen LogP contribution in [0.15, 0.2) is 84.9 Å². The van der Waals surface area contributed by atoms with Gasteiger partial charge in [-0.05, 0) is 120 Å². The maximum absolute atomic E-state index is 13.7. The number of carbonyl (C=O) groups excluding carboxylic acids is 6. The zero-order valence-electron chi connectivity index (χ0n) is 43.4. The van der Waals surface area contributed by atoms with Crippen molar-refractivity contribution >= 4 is 125 Å². The van der Waals surface area contributed by atoms with E-state index in [1.807, 2.05) is 35.8 Å². The molecule has 4 aromatic carbocycles. The van der Waals surface area contributed by atoms with Crippen molar-refractivity contribution in [1.29, 1.82) is 0 Å². The summed E-state index contributed by atoms with van der Waals surface area (Å²) in [5.74, 6) is -1.11. The van der Waals surface area contributed by atoms with Crippen molar-refractivity contribution in [1.82, 2.24) is 19.0 Å². The highest BCUT2D eigenvalue weighted by Gasteiger charge is 2.40. The molecule has 8 rings (SSSR count). The van der Waals surface area contributed by atoms with E-state index in [0.29, 0.717) is 89.1 Å². The lowest BCUT2D eigenvalue weighted by Gasteiger charge is -2.27. The van der Waals surface area contributed by atoms with Crippen LogP contribution < -0.4 is 39.8 Å².